The highest BCUT2D eigenvalue weighted by Gasteiger charge is 2.13. The van der Waals surface area contributed by atoms with Crippen LogP contribution in [-0.4, -0.2) is 17.3 Å². The minimum absolute atomic E-state index is 0.336. The van der Waals surface area contributed by atoms with Gasteiger partial charge in [0.25, 0.3) is 5.89 Å². The molecule has 1 N–H and O–H groups in total. The van der Waals surface area contributed by atoms with Crippen LogP contribution in [0.4, 0.5) is 5.69 Å². The molecule has 3 rings (SSSR count). The van der Waals surface area contributed by atoms with Gasteiger partial charge in [0.1, 0.15) is 5.75 Å². The second kappa shape index (κ2) is 6.89. The van der Waals surface area contributed by atoms with Crippen LogP contribution in [-0.2, 0) is 6.54 Å². The van der Waals surface area contributed by atoms with E-state index < -0.39 is 0 Å². The van der Waals surface area contributed by atoms with Gasteiger partial charge in [-0.25, -0.2) is 0 Å². The quantitative estimate of drug-likeness (QED) is 0.725. The van der Waals surface area contributed by atoms with Crippen molar-refractivity contribution in [2.24, 2.45) is 0 Å². The smallest absolute Gasteiger partial charge is 0.251 e. The fourth-order valence-electron chi connectivity index (χ4n) is 2.06. The van der Waals surface area contributed by atoms with Gasteiger partial charge in [0, 0.05) is 5.02 Å². The van der Waals surface area contributed by atoms with Crippen molar-refractivity contribution < 1.29 is 9.15 Å². The molecule has 0 radical (unpaired) electrons. The van der Waals surface area contributed by atoms with E-state index in [2.05, 4.69) is 15.5 Å². The summed E-state index contributed by atoms with van der Waals surface area (Å²) < 4.78 is 11.0. The third-order valence-corrected chi connectivity index (χ3v) is 3.73. The average molecular weight is 350 g/mol. The van der Waals surface area contributed by atoms with E-state index in [-0.39, 0.29) is 0 Å². The van der Waals surface area contributed by atoms with Gasteiger partial charge in [-0.1, -0.05) is 35.3 Å². The second-order valence-corrected chi connectivity index (χ2v) is 5.52. The van der Waals surface area contributed by atoms with Crippen molar-refractivity contribution in [1.82, 2.24) is 10.2 Å². The van der Waals surface area contributed by atoms with Crippen molar-refractivity contribution in [3.05, 3.63) is 58.4 Å². The molecule has 0 aliphatic heterocycles. The van der Waals surface area contributed by atoms with Crippen molar-refractivity contribution in [2.45, 2.75) is 6.54 Å². The highest BCUT2D eigenvalue weighted by molar-refractivity contribution is 6.35. The van der Waals surface area contributed by atoms with Crippen LogP contribution in [0.25, 0.3) is 11.5 Å². The molecule has 118 valence electrons. The van der Waals surface area contributed by atoms with E-state index in [1.165, 1.54) is 0 Å². The molecule has 0 aliphatic rings. The highest BCUT2D eigenvalue weighted by Crippen LogP contribution is 2.29. The van der Waals surface area contributed by atoms with Crippen molar-refractivity contribution in [1.29, 1.82) is 0 Å². The Morgan fingerprint density at radius 3 is 2.78 bits per heavy atom. The van der Waals surface area contributed by atoms with E-state index in [0.717, 1.165) is 5.56 Å². The predicted octanol–water partition coefficient (Wildman–Crippen LogP) is 4.66. The summed E-state index contributed by atoms with van der Waals surface area (Å²) in [5.41, 5.74) is 1.45. The van der Waals surface area contributed by atoms with E-state index in [1.807, 2.05) is 24.3 Å². The molecule has 1 heterocycles. The van der Waals surface area contributed by atoms with Crippen LogP contribution in [0, 0.1) is 0 Å². The summed E-state index contributed by atoms with van der Waals surface area (Å²) in [5, 5.41) is 12.4. The van der Waals surface area contributed by atoms with Crippen molar-refractivity contribution in [2.75, 3.05) is 12.4 Å². The molecule has 0 amide bonds. The fraction of sp³-hybridized carbons (Fsp3) is 0.125. The van der Waals surface area contributed by atoms with E-state index in [1.54, 1.807) is 25.3 Å². The Bertz CT molecular complexity index is 821. The first-order valence-corrected chi connectivity index (χ1v) is 7.57. The first-order chi connectivity index (χ1) is 11.2. The molecule has 0 fully saturated rings. The highest BCUT2D eigenvalue weighted by atomic mass is 35.5. The number of ether oxygens (including phenoxy) is 1. The number of benzene rings is 2. The van der Waals surface area contributed by atoms with Crippen LogP contribution < -0.4 is 10.1 Å². The topological polar surface area (TPSA) is 60.2 Å². The molecule has 0 saturated heterocycles. The van der Waals surface area contributed by atoms with Crippen molar-refractivity contribution in [3.8, 4) is 17.2 Å². The van der Waals surface area contributed by atoms with Gasteiger partial charge < -0.3 is 14.5 Å². The molecule has 7 heteroatoms. The second-order valence-electron chi connectivity index (χ2n) is 4.68. The van der Waals surface area contributed by atoms with Gasteiger partial charge in [0.15, 0.2) is 0 Å². The lowest BCUT2D eigenvalue weighted by atomic mass is 10.2. The molecule has 3 aromatic rings. The number of aromatic nitrogens is 2. The number of para-hydroxylation sites is 1. The monoisotopic (exact) mass is 349 g/mol. The Morgan fingerprint density at radius 2 is 1.96 bits per heavy atom. The number of hydrogen-bond donors (Lipinski definition) is 1. The number of nitrogens with one attached hydrogen (secondary N) is 1. The first-order valence-electron chi connectivity index (χ1n) is 6.82. The molecule has 2 aromatic carbocycles. The lowest BCUT2D eigenvalue weighted by Crippen LogP contribution is -2.00. The molecule has 0 saturated carbocycles. The summed E-state index contributed by atoms with van der Waals surface area (Å²) in [5.74, 6) is 1.51. The minimum Gasteiger partial charge on any atom is -0.496 e. The number of rotatable bonds is 5. The van der Waals surface area contributed by atoms with Gasteiger partial charge in [-0.3, -0.25) is 0 Å². The first kappa shape index (κ1) is 15.6. The zero-order valence-electron chi connectivity index (χ0n) is 12.2. The van der Waals surface area contributed by atoms with E-state index >= 15 is 0 Å². The Hall–Kier alpha value is -2.24. The average Bonchev–Trinajstić information content (AvgIpc) is 3.04. The molecule has 0 spiro atoms. The lowest BCUT2D eigenvalue weighted by molar-refractivity contribution is 0.413. The SMILES string of the molecule is COc1ccccc1-c1nnc(CNc2cc(Cl)ccc2Cl)o1. The van der Waals surface area contributed by atoms with Gasteiger partial charge in [0.2, 0.25) is 5.89 Å². The van der Waals surface area contributed by atoms with Crippen molar-refractivity contribution in [3.63, 3.8) is 0 Å². The van der Waals surface area contributed by atoms with Crippen LogP contribution in [0.1, 0.15) is 5.89 Å². The molecular weight excluding hydrogens is 337 g/mol. The summed E-state index contributed by atoms with van der Waals surface area (Å²) in [6, 6.07) is 12.6. The molecule has 23 heavy (non-hydrogen) atoms. The predicted molar refractivity (Wildman–Crippen MR) is 90.1 cm³/mol. The zero-order chi connectivity index (χ0) is 16.2. The molecule has 0 atom stereocenters. The standard InChI is InChI=1S/C16H13Cl2N3O2/c1-22-14-5-3-2-4-11(14)16-21-20-15(23-16)9-19-13-8-10(17)6-7-12(13)18/h2-8,19H,9H2,1H3. The maximum Gasteiger partial charge on any atom is 0.251 e. The van der Waals surface area contributed by atoms with E-state index in [4.69, 9.17) is 32.4 Å². The number of nitrogens with zero attached hydrogens (tertiary/aromatic N) is 2. The van der Waals surface area contributed by atoms with Crippen LogP contribution in [0.15, 0.2) is 46.9 Å². The zero-order valence-corrected chi connectivity index (χ0v) is 13.7. The van der Waals surface area contributed by atoms with Crippen LogP contribution in [0.3, 0.4) is 0 Å². The van der Waals surface area contributed by atoms with Gasteiger partial charge in [-0.05, 0) is 30.3 Å². The van der Waals surface area contributed by atoms with Crippen LogP contribution >= 0.6 is 23.2 Å². The van der Waals surface area contributed by atoms with Crippen LogP contribution in [0.2, 0.25) is 10.0 Å². The fourth-order valence-corrected chi connectivity index (χ4v) is 2.42. The Labute approximate surface area is 143 Å². The summed E-state index contributed by atoms with van der Waals surface area (Å²) >= 11 is 12.1. The Kier molecular flexibility index (Phi) is 4.69. The summed E-state index contributed by atoms with van der Waals surface area (Å²) in [4.78, 5) is 0. The lowest BCUT2D eigenvalue weighted by Gasteiger charge is -2.06. The summed E-state index contributed by atoms with van der Waals surface area (Å²) in [6.07, 6.45) is 0. The van der Waals surface area contributed by atoms with Crippen LogP contribution in [0.5, 0.6) is 5.75 Å². The largest absolute Gasteiger partial charge is 0.496 e. The summed E-state index contributed by atoms with van der Waals surface area (Å²) in [7, 11) is 1.60. The molecular formula is C16H13Cl2N3O2. The third-order valence-electron chi connectivity index (χ3n) is 3.16. The van der Waals surface area contributed by atoms with Gasteiger partial charge >= 0.3 is 0 Å². The number of methoxy groups -OCH3 is 1. The molecule has 0 aliphatic carbocycles. The maximum absolute atomic E-state index is 6.10. The normalized spacial score (nSPS) is 10.6. The summed E-state index contributed by atoms with van der Waals surface area (Å²) in [6.45, 7) is 0.336. The van der Waals surface area contributed by atoms with Crippen molar-refractivity contribution >= 4 is 28.9 Å². The molecule has 1 aromatic heterocycles. The Morgan fingerprint density at radius 1 is 1.13 bits per heavy atom. The molecule has 5 nitrogen and oxygen atoms in total. The third kappa shape index (κ3) is 3.57. The maximum atomic E-state index is 6.10. The van der Waals surface area contributed by atoms with Gasteiger partial charge in [-0.2, -0.15) is 0 Å². The Balaban J connectivity index is 1.76. The molecule has 0 unspecified atom stereocenters. The number of hydrogen-bond acceptors (Lipinski definition) is 5. The van der Waals surface area contributed by atoms with Gasteiger partial charge in [0.05, 0.1) is 29.9 Å². The van der Waals surface area contributed by atoms with E-state index in [0.29, 0.717) is 39.8 Å². The van der Waals surface area contributed by atoms with E-state index in [9.17, 15) is 0 Å². The molecule has 0 bridgehead atoms. The minimum atomic E-state index is 0.336. The number of anilines is 1. The number of halogens is 2. The van der Waals surface area contributed by atoms with Gasteiger partial charge in [-0.15, -0.1) is 10.2 Å².